The molecule has 2 aromatic carbocycles. The van der Waals surface area contributed by atoms with E-state index in [0.717, 1.165) is 0 Å². The molecule has 0 fully saturated rings. The highest BCUT2D eigenvalue weighted by atomic mass is 19.1. The minimum absolute atomic E-state index is 0.00221. The van der Waals surface area contributed by atoms with Crippen molar-refractivity contribution in [2.24, 2.45) is 0 Å². The normalized spacial score (nSPS) is 10.9. The topological polar surface area (TPSA) is 106 Å². The van der Waals surface area contributed by atoms with Crippen molar-refractivity contribution < 1.29 is 23.5 Å². The van der Waals surface area contributed by atoms with Crippen LogP contribution in [0.3, 0.4) is 0 Å². The van der Waals surface area contributed by atoms with Crippen LogP contribution in [0.2, 0.25) is 0 Å². The molecule has 0 aliphatic carbocycles. The fourth-order valence-electron chi connectivity index (χ4n) is 2.41. The third-order valence-corrected chi connectivity index (χ3v) is 3.76. The van der Waals surface area contributed by atoms with Gasteiger partial charge in [0, 0.05) is 17.3 Å². The number of halogens is 1. The number of furan rings is 1. The number of nitrogens with zero attached hydrogens (tertiary/aromatic N) is 1. The lowest BCUT2D eigenvalue weighted by atomic mass is 10.1. The number of carboxylic acid groups (broad SMARTS) is 1. The number of hydrogen-bond acceptors (Lipinski definition) is 5. The van der Waals surface area contributed by atoms with E-state index in [4.69, 9.17) is 4.42 Å². The first kappa shape index (κ1) is 18.6. The van der Waals surface area contributed by atoms with Gasteiger partial charge in [-0.1, -0.05) is 18.2 Å². The van der Waals surface area contributed by atoms with Crippen molar-refractivity contribution in [3.8, 4) is 17.4 Å². The maximum Gasteiger partial charge on any atom is 0.266 e. The molecule has 0 saturated heterocycles. The lowest BCUT2D eigenvalue weighted by Crippen LogP contribution is -2.22. The number of nitriles is 1. The summed E-state index contributed by atoms with van der Waals surface area (Å²) in [6, 6.07) is 16.0. The van der Waals surface area contributed by atoms with Crippen molar-refractivity contribution in [1.29, 1.82) is 5.26 Å². The second kappa shape index (κ2) is 8.01. The lowest BCUT2D eigenvalue weighted by molar-refractivity contribution is -0.255. The van der Waals surface area contributed by atoms with Crippen LogP contribution in [0.25, 0.3) is 17.4 Å². The molecule has 6 nitrogen and oxygen atoms in total. The van der Waals surface area contributed by atoms with Crippen molar-refractivity contribution in [2.75, 3.05) is 5.32 Å². The Bertz CT molecular complexity index is 1110. The average molecular weight is 375 g/mol. The zero-order chi connectivity index (χ0) is 20.1. The average Bonchev–Trinajstić information content (AvgIpc) is 3.16. The quantitative estimate of drug-likeness (QED) is 0.545. The van der Waals surface area contributed by atoms with Gasteiger partial charge in [-0.3, -0.25) is 4.79 Å². The van der Waals surface area contributed by atoms with Crippen molar-refractivity contribution >= 4 is 23.6 Å². The number of rotatable bonds is 5. The largest absolute Gasteiger partial charge is 0.545 e. The van der Waals surface area contributed by atoms with Gasteiger partial charge in [-0.25, -0.2) is 4.39 Å². The zero-order valence-corrected chi connectivity index (χ0v) is 14.3. The zero-order valence-electron chi connectivity index (χ0n) is 14.3. The van der Waals surface area contributed by atoms with Crippen LogP contribution >= 0.6 is 0 Å². The number of amides is 1. The molecule has 0 bridgehead atoms. The number of aromatic carboxylic acids is 1. The Balaban J connectivity index is 1.81. The molecular formula is C21H12FN2O4-. The highest BCUT2D eigenvalue weighted by molar-refractivity contribution is 6.09. The molecule has 1 aromatic heterocycles. The summed E-state index contributed by atoms with van der Waals surface area (Å²) in [7, 11) is 0. The fraction of sp³-hybridized carbons (Fsp3) is 0. The number of carbonyl (C=O) groups is 2. The standard InChI is InChI=1S/C21H13FN2O4/c22-16-4-6-17(7-5-16)24-20(25)15(12-23)11-18-8-9-19(28-18)13-2-1-3-14(10-13)21(26)27/h1-11H,(H,24,25)(H,26,27)/p-1/b15-11-. The Morgan fingerprint density at radius 1 is 1.11 bits per heavy atom. The molecule has 1 heterocycles. The van der Waals surface area contributed by atoms with Crippen LogP contribution in [0.1, 0.15) is 16.1 Å². The Hall–Kier alpha value is -4.18. The SMILES string of the molecule is N#C/C(=C/c1ccc(-c2cccc(C(=O)[O-])c2)o1)C(=O)Nc1ccc(F)cc1. The van der Waals surface area contributed by atoms with E-state index in [1.54, 1.807) is 30.3 Å². The minimum Gasteiger partial charge on any atom is -0.545 e. The highest BCUT2D eigenvalue weighted by Crippen LogP contribution is 2.24. The molecule has 138 valence electrons. The Morgan fingerprint density at radius 3 is 2.54 bits per heavy atom. The Kier molecular flexibility index (Phi) is 5.33. The molecule has 3 aromatic rings. The molecule has 1 N–H and O–H groups in total. The van der Waals surface area contributed by atoms with E-state index in [0.29, 0.717) is 17.0 Å². The van der Waals surface area contributed by atoms with Crippen LogP contribution in [-0.4, -0.2) is 11.9 Å². The van der Waals surface area contributed by atoms with Gasteiger partial charge in [-0.05, 0) is 48.0 Å². The molecule has 28 heavy (non-hydrogen) atoms. The van der Waals surface area contributed by atoms with E-state index in [1.807, 2.05) is 0 Å². The summed E-state index contributed by atoms with van der Waals surface area (Å²) in [5.41, 5.74) is 0.637. The van der Waals surface area contributed by atoms with Crippen LogP contribution in [0.15, 0.2) is 70.7 Å². The monoisotopic (exact) mass is 375 g/mol. The van der Waals surface area contributed by atoms with E-state index in [2.05, 4.69) is 5.32 Å². The first-order valence-corrected chi connectivity index (χ1v) is 8.06. The lowest BCUT2D eigenvalue weighted by Gasteiger charge is -2.04. The Labute approximate surface area is 159 Å². The minimum atomic E-state index is -1.31. The van der Waals surface area contributed by atoms with Crippen molar-refractivity contribution in [3.05, 3.63) is 83.4 Å². The van der Waals surface area contributed by atoms with Crippen molar-refractivity contribution in [2.45, 2.75) is 0 Å². The predicted octanol–water partition coefficient (Wildman–Crippen LogP) is 2.99. The van der Waals surface area contributed by atoms with E-state index in [9.17, 15) is 24.3 Å². The van der Waals surface area contributed by atoms with E-state index < -0.39 is 17.7 Å². The summed E-state index contributed by atoms with van der Waals surface area (Å²) >= 11 is 0. The number of benzene rings is 2. The molecule has 0 unspecified atom stereocenters. The third kappa shape index (κ3) is 4.31. The Morgan fingerprint density at radius 2 is 1.86 bits per heavy atom. The van der Waals surface area contributed by atoms with E-state index in [1.165, 1.54) is 42.5 Å². The maximum atomic E-state index is 12.9. The summed E-state index contributed by atoms with van der Waals surface area (Å²) in [6.45, 7) is 0. The number of nitrogens with one attached hydrogen (secondary N) is 1. The number of anilines is 1. The van der Waals surface area contributed by atoms with Crippen LogP contribution in [0.5, 0.6) is 0 Å². The van der Waals surface area contributed by atoms with Gasteiger partial charge in [-0.15, -0.1) is 0 Å². The molecule has 7 heteroatoms. The second-order valence-corrected chi connectivity index (χ2v) is 5.70. The first-order valence-electron chi connectivity index (χ1n) is 8.06. The summed E-state index contributed by atoms with van der Waals surface area (Å²) in [5, 5.41) is 22.7. The number of carbonyl (C=O) groups excluding carboxylic acids is 2. The summed E-state index contributed by atoms with van der Waals surface area (Å²) < 4.78 is 18.5. The van der Waals surface area contributed by atoms with Gasteiger partial charge in [0.05, 0.1) is 5.97 Å². The smallest absolute Gasteiger partial charge is 0.266 e. The van der Waals surface area contributed by atoms with Gasteiger partial charge >= 0.3 is 0 Å². The number of carboxylic acids is 1. The second-order valence-electron chi connectivity index (χ2n) is 5.70. The molecular weight excluding hydrogens is 363 g/mol. The molecule has 1 amide bonds. The summed E-state index contributed by atoms with van der Waals surface area (Å²) in [4.78, 5) is 23.2. The van der Waals surface area contributed by atoms with E-state index in [-0.39, 0.29) is 16.9 Å². The third-order valence-electron chi connectivity index (χ3n) is 3.76. The molecule has 0 spiro atoms. The van der Waals surface area contributed by atoms with Crippen LogP contribution < -0.4 is 10.4 Å². The van der Waals surface area contributed by atoms with Crippen LogP contribution in [0, 0.1) is 17.1 Å². The number of hydrogen-bond donors (Lipinski definition) is 1. The first-order chi connectivity index (χ1) is 13.5. The fourth-order valence-corrected chi connectivity index (χ4v) is 2.41. The maximum absolute atomic E-state index is 12.9. The predicted molar refractivity (Wildman–Crippen MR) is 97.1 cm³/mol. The van der Waals surface area contributed by atoms with Gasteiger partial charge in [0.1, 0.15) is 29.0 Å². The molecule has 3 rings (SSSR count). The summed E-state index contributed by atoms with van der Waals surface area (Å²) in [5.74, 6) is -1.83. The molecule has 0 aliphatic rings. The molecule has 0 saturated carbocycles. The van der Waals surface area contributed by atoms with Crippen LogP contribution in [-0.2, 0) is 4.79 Å². The highest BCUT2D eigenvalue weighted by Gasteiger charge is 2.12. The van der Waals surface area contributed by atoms with Gasteiger partial charge < -0.3 is 19.6 Å². The molecule has 0 radical (unpaired) electrons. The van der Waals surface area contributed by atoms with Gasteiger partial charge in [0.15, 0.2) is 0 Å². The van der Waals surface area contributed by atoms with Crippen molar-refractivity contribution in [3.63, 3.8) is 0 Å². The van der Waals surface area contributed by atoms with Gasteiger partial charge in [-0.2, -0.15) is 5.26 Å². The summed E-state index contributed by atoms with van der Waals surface area (Å²) in [6.07, 6.45) is 1.25. The van der Waals surface area contributed by atoms with E-state index >= 15 is 0 Å². The van der Waals surface area contributed by atoms with Gasteiger partial charge in [0.2, 0.25) is 0 Å². The molecule has 0 atom stereocenters. The molecule has 0 aliphatic heterocycles. The van der Waals surface area contributed by atoms with Crippen molar-refractivity contribution in [1.82, 2.24) is 0 Å². The van der Waals surface area contributed by atoms with Crippen LogP contribution in [0.4, 0.5) is 10.1 Å². The van der Waals surface area contributed by atoms with Gasteiger partial charge in [0.25, 0.3) is 5.91 Å².